The lowest BCUT2D eigenvalue weighted by Crippen LogP contribution is -3.06. The van der Waals surface area contributed by atoms with E-state index in [-0.39, 0.29) is 5.82 Å². The molecule has 2 heterocycles. The molecule has 0 radical (unpaired) electrons. The van der Waals surface area contributed by atoms with Crippen molar-refractivity contribution >= 4 is 11.5 Å². The van der Waals surface area contributed by atoms with E-state index in [0.29, 0.717) is 0 Å². The van der Waals surface area contributed by atoms with E-state index >= 15 is 0 Å². The average Bonchev–Trinajstić information content (AvgIpc) is 3.05. The Morgan fingerprint density at radius 1 is 1.15 bits per heavy atom. The molecule has 0 spiro atoms. The van der Waals surface area contributed by atoms with Crippen molar-refractivity contribution in [2.24, 2.45) is 0 Å². The lowest BCUT2D eigenvalue weighted by Gasteiger charge is -2.20. The molecule has 0 saturated carbocycles. The molecule has 0 bridgehead atoms. The number of quaternary nitrogens is 1. The number of hydrogen-bond donors (Lipinski definition) is 2. The van der Waals surface area contributed by atoms with Crippen LogP contribution in [-0.2, 0) is 12.8 Å². The van der Waals surface area contributed by atoms with Crippen molar-refractivity contribution in [2.75, 3.05) is 32.5 Å². The maximum Gasteiger partial charge on any atom is 0.158 e. The summed E-state index contributed by atoms with van der Waals surface area (Å²) in [5, 5.41) is 8.38. The minimum absolute atomic E-state index is 0.236. The second-order valence-electron chi connectivity index (χ2n) is 7.28. The molecule has 136 valence electrons. The SMILES string of the molecule is C[NH+](C)CCNc1c2c(nc3cc(-c4ccc(F)cc4)nn13)CCCC2. The van der Waals surface area contributed by atoms with Crippen LogP contribution in [0.25, 0.3) is 16.9 Å². The molecule has 0 saturated heterocycles. The molecule has 5 nitrogen and oxygen atoms in total. The highest BCUT2D eigenvalue weighted by molar-refractivity contribution is 5.67. The maximum absolute atomic E-state index is 13.2. The summed E-state index contributed by atoms with van der Waals surface area (Å²) < 4.78 is 15.2. The van der Waals surface area contributed by atoms with E-state index in [1.165, 1.54) is 41.1 Å². The molecule has 0 fully saturated rings. The highest BCUT2D eigenvalue weighted by atomic mass is 19.1. The van der Waals surface area contributed by atoms with Gasteiger partial charge in [0, 0.05) is 22.9 Å². The monoisotopic (exact) mass is 354 g/mol. The zero-order valence-electron chi connectivity index (χ0n) is 15.3. The van der Waals surface area contributed by atoms with Crippen LogP contribution in [-0.4, -0.2) is 41.8 Å². The number of rotatable bonds is 5. The number of benzene rings is 1. The molecule has 0 unspecified atom stereocenters. The number of likely N-dealkylation sites (N-methyl/N-ethyl adjacent to an activating group) is 1. The minimum atomic E-state index is -0.236. The van der Waals surface area contributed by atoms with Crippen LogP contribution in [0.1, 0.15) is 24.1 Å². The summed E-state index contributed by atoms with van der Waals surface area (Å²) in [7, 11) is 4.31. The predicted molar refractivity (Wildman–Crippen MR) is 101 cm³/mol. The fraction of sp³-hybridized carbons (Fsp3) is 0.400. The van der Waals surface area contributed by atoms with Crippen molar-refractivity contribution in [3.8, 4) is 11.3 Å². The molecule has 2 aromatic heterocycles. The molecule has 1 aliphatic carbocycles. The summed E-state index contributed by atoms with van der Waals surface area (Å²) in [6, 6.07) is 8.46. The Morgan fingerprint density at radius 3 is 2.69 bits per heavy atom. The minimum Gasteiger partial charge on any atom is -0.364 e. The van der Waals surface area contributed by atoms with Crippen LogP contribution in [0, 0.1) is 5.82 Å². The van der Waals surface area contributed by atoms with E-state index in [4.69, 9.17) is 10.1 Å². The average molecular weight is 354 g/mol. The third-order valence-corrected chi connectivity index (χ3v) is 4.93. The fourth-order valence-electron chi connectivity index (χ4n) is 3.52. The first-order chi connectivity index (χ1) is 12.6. The second-order valence-corrected chi connectivity index (χ2v) is 7.28. The van der Waals surface area contributed by atoms with E-state index in [1.54, 1.807) is 12.1 Å². The summed E-state index contributed by atoms with van der Waals surface area (Å²) in [6.07, 6.45) is 4.45. The van der Waals surface area contributed by atoms with Gasteiger partial charge >= 0.3 is 0 Å². The summed E-state index contributed by atoms with van der Waals surface area (Å²) in [4.78, 5) is 6.27. The van der Waals surface area contributed by atoms with E-state index in [1.807, 2.05) is 10.6 Å². The van der Waals surface area contributed by atoms with E-state index in [2.05, 4.69) is 19.4 Å². The second kappa shape index (κ2) is 7.03. The number of hydrogen-bond acceptors (Lipinski definition) is 3. The number of anilines is 1. The van der Waals surface area contributed by atoms with Gasteiger partial charge in [-0.05, 0) is 49.9 Å². The van der Waals surface area contributed by atoms with Gasteiger partial charge in [-0.15, -0.1) is 0 Å². The van der Waals surface area contributed by atoms with Crippen molar-refractivity contribution in [1.82, 2.24) is 14.6 Å². The van der Waals surface area contributed by atoms with Gasteiger partial charge in [0.2, 0.25) is 0 Å². The number of fused-ring (bicyclic) bond motifs is 2. The predicted octanol–water partition coefficient (Wildman–Crippen LogP) is 1.97. The topological polar surface area (TPSA) is 46.7 Å². The van der Waals surface area contributed by atoms with Crippen molar-refractivity contribution < 1.29 is 9.29 Å². The van der Waals surface area contributed by atoms with Crippen LogP contribution in [0.5, 0.6) is 0 Å². The molecule has 1 aliphatic rings. The van der Waals surface area contributed by atoms with E-state index in [9.17, 15) is 4.39 Å². The molecule has 2 N–H and O–H groups in total. The van der Waals surface area contributed by atoms with Gasteiger partial charge in [-0.3, -0.25) is 0 Å². The zero-order valence-corrected chi connectivity index (χ0v) is 15.3. The van der Waals surface area contributed by atoms with Gasteiger partial charge in [-0.1, -0.05) is 0 Å². The van der Waals surface area contributed by atoms with Crippen molar-refractivity contribution in [3.05, 3.63) is 47.4 Å². The third kappa shape index (κ3) is 3.29. The molecule has 26 heavy (non-hydrogen) atoms. The third-order valence-electron chi connectivity index (χ3n) is 4.93. The highest BCUT2D eigenvalue weighted by Crippen LogP contribution is 2.29. The molecule has 0 aliphatic heterocycles. The Labute approximate surface area is 152 Å². The molecule has 3 aromatic rings. The van der Waals surface area contributed by atoms with Crippen LogP contribution in [0.3, 0.4) is 0 Å². The first kappa shape index (κ1) is 17.0. The number of nitrogens with zero attached hydrogens (tertiary/aromatic N) is 3. The van der Waals surface area contributed by atoms with Gasteiger partial charge in [-0.2, -0.15) is 9.61 Å². The number of aromatic nitrogens is 3. The van der Waals surface area contributed by atoms with Crippen LogP contribution >= 0.6 is 0 Å². The van der Waals surface area contributed by atoms with Crippen LogP contribution in [0.2, 0.25) is 0 Å². The zero-order chi connectivity index (χ0) is 18.1. The Hall–Kier alpha value is -2.47. The summed E-state index contributed by atoms with van der Waals surface area (Å²) in [6.45, 7) is 1.92. The molecule has 1 aromatic carbocycles. The van der Waals surface area contributed by atoms with Gasteiger partial charge in [0.25, 0.3) is 0 Å². The first-order valence-electron chi connectivity index (χ1n) is 9.32. The maximum atomic E-state index is 13.2. The van der Waals surface area contributed by atoms with Crippen molar-refractivity contribution in [2.45, 2.75) is 25.7 Å². The molecular weight excluding hydrogens is 329 g/mol. The van der Waals surface area contributed by atoms with Crippen LogP contribution in [0.4, 0.5) is 10.2 Å². The van der Waals surface area contributed by atoms with Gasteiger partial charge in [0.1, 0.15) is 11.6 Å². The van der Waals surface area contributed by atoms with Gasteiger partial charge in [-0.25, -0.2) is 9.37 Å². The Bertz CT molecular complexity index is 914. The smallest absolute Gasteiger partial charge is 0.158 e. The van der Waals surface area contributed by atoms with E-state index < -0.39 is 0 Å². The summed E-state index contributed by atoms with van der Waals surface area (Å²) >= 11 is 0. The van der Waals surface area contributed by atoms with Crippen LogP contribution in [0.15, 0.2) is 30.3 Å². The van der Waals surface area contributed by atoms with Gasteiger partial charge in [0.05, 0.1) is 32.9 Å². The lowest BCUT2D eigenvalue weighted by atomic mass is 9.96. The largest absolute Gasteiger partial charge is 0.364 e. The van der Waals surface area contributed by atoms with Gasteiger partial charge < -0.3 is 10.2 Å². The Balaban J connectivity index is 1.78. The standard InChI is InChI=1S/C20H24FN5/c1-25(2)12-11-22-20-16-5-3-4-6-17(16)23-19-13-18(24-26(19)20)14-7-9-15(21)10-8-14/h7-10,13,22H,3-6,11-12H2,1-2H3/p+1. The Morgan fingerprint density at radius 2 is 1.92 bits per heavy atom. The molecule has 0 atom stereocenters. The Kier molecular flexibility index (Phi) is 4.59. The number of nitrogens with one attached hydrogen (secondary N) is 2. The van der Waals surface area contributed by atoms with Crippen molar-refractivity contribution in [3.63, 3.8) is 0 Å². The van der Waals surface area contributed by atoms with Crippen molar-refractivity contribution in [1.29, 1.82) is 0 Å². The van der Waals surface area contributed by atoms with Crippen LogP contribution < -0.4 is 10.2 Å². The summed E-state index contributed by atoms with van der Waals surface area (Å²) in [5.74, 6) is 0.832. The summed E-state index contributed by atoms with van der Waals surface area (Å²) in [5.41, 5.74) is 5.06. The lowest BCUT2D eigenvalue weighted by molar-refractivity contribution is -0.856. The molecular formula is C20H25FN5+. The highest BCUT2D eigenvalue weighted by Gasteiger charge is 2.20. The normalized spacial score (nSPS) is 14.0. The molecule has 4 rings (SSSR count). The fourth-order valence-corrected chi connectivity index (χ4v) is 3.52. The number of aryl methyl sites for hydroxylation is 1. The number of halogens is 1. The first-order valence-corrected chi connectivity index (χ1v) is 9.32. The van der Waals surface area contributed by atoms with Gasteiger partial charge in [0.15, 0.2) is 5.65 Å². The molecule has 0 amide bonds. The molecule has 6 heteroatoms. The quantitative estimate of drug-likeness (QED) is 0.736. The van der Waals surface area contributed by atoms with E-state index in [0.717, 1.165) is 48.7 Å².